The molecule has 1 aromatic carbocycles. The van der Waals surface area contributed by atoms with E-state index in [0.29, 0.717) is 18.1 Å². The van der Waals surface area contributed by atoms with Gasteiger partial charge in [0.05, 0.1) is 12.0 Å². The molecule has 1 fully saturated rings. The summed E-state index contributed by atoms with van der Waals surface area (Å²) in [5.74, 6) is 0.439. The van der Waals surface area contributed by atoms with Gasteiger partial charge in [0.15, 0.2) is 5.82 Å². The third-order valence-electron chi connectivity index (χ3n) is 4.16. The lowest BCUT2D eigenvalue weighted by atomic mass is 10.1. The van der Waals surface area contributed by atoms with E-state index in [4.69, 9.17) is 4.52 Å². The van der Waals surface area contributed by atoms with Gasteiger partial charge >= 0.3 is 0 Å². The highest BCUT2D eigenvalue weighted by molar-refractivity contribution is 5.96. The van der Waals surface area contributed by atoms with Crippen molar-refractivity contribution in [1.29, 1.82) is 0 Å². The molecule has 2 heterocycles. The Morgan fingerprint density at radius 2 is 2.13 bits per heavy atom. The molecular weight excluding hydrogens is 294 g/mol. The van der Waals surface area contributed by atoms with Crippen LogP contribution in [0, 0.1) is 12.8 Å². The maximum Gasteiger partial charge on any atom is 0.231 e. The van der Waals surface area contributed by atoms with Crippen LogP contribution in [-0.4, -0.2) is 28.4 Å². The fourth-order valence-electron chi connectivity index (χ4n) is 2.85. The largest absolute Gasteiger partial charge is 0.360 e. The molecule has 0 spiro atoms. The summed E-state index contributed by atoms with van der Waals surface area (Å²) < 4.78 is 4.92. The minimum absolute atomic E-state index is 0.00200. The van der Waals surface area contributed by atoms with Crippen LogP contribution in [0.1, 0.15) is 30.7 Å². The molecule has 1 aliphatic rings. The molecule has 0 aliphatic carbocycles. The Morgan fingerprint density at radius 3 is 2.78 bits per heavy atom. The lowest BCUT2D eigenvalue weighted by Gasteiger charge is -2.25. The Bertz CT molecular complexity index is 711. The summed E-state index contributed by atoms with van der Waals surface area (Å²) in [7, 11) is 0. The number of hydrogen-bond acceptors (Lipinski definition) is 4. The number of rotatable bonds is 4. The second-order valence-corrected chi connectivity index (χ2v) is 5.85. The van der Waals surface area contributed by atoms with Gasteiger partial charge in [0.1, 0.15) is 5.76 Å². The van der Waals surface area contributed by atoms with Crippen molar-refractivity contribution >= 4 is 17.6 Å². The SMILES string of the molecule is Cc1cc(NC(=O)[C@@H]2CC(=O)N([C@@H](C)c3ccccc3)C2)no1. The average Bonchev–Trinajstić information content (AvgIpc) is 3.13. The highest BCUT2D eigenvalue weighted by Crippen LogP contribution is 2.29. The van der Waals surface area contributed by atoms with Crippen LogP contribution in [-0.2, 0) is 9.59 Å². The lowest BCUT2D eigenvalue weighted by Crippen LogP contribution is -2.30. The van der Waals surface area contributed by atoms with Gasteiger partial charge in [-0.2, -0.15) is 0 Å². The summed E-state index contributed by atoms with van der Waals surface area (Å²) in [6.45, 7) is 4.15. The van der Waals surface area contributed by atoms with Gasteiger partial charge in [-0.3, -0.25) is 9.59 Å². The Kier molecular flexibility index (Phi) is 4.14. The maximum atomic E-state index is 12.3. The Morgan fingerprint density at radius 1 is 1.39 bits per heavy atom. The minimum atomic E-state index is -0.370. The second-order valence-electron chi connectivity index (χ2n) is 5.85. The first-order chi connectivity index (χ1) is 11.0. The van der Waals surface area contributed by atoms with Crippen molar-refractivity contribution in [3.05, 3.63) is 47.7 Å². The standard InChI is InChI=1S/C17H19N3O3/c1-11-8-15(19-23-11)18-17(22)14-9-16(21)20(10-14)12(2)13-6-4-3-5-7-13/h3-8,12,14H,9-10H2,1-2H3,(H,18,19,22)/t12-,14+/m0/s1. The smallest absolute Gasteiger partial charge is 0.231 e. The van der Waals surface area contributed by atoms with Gasteiger partial charge in [0.2, 0.25) is 11.8 Å². The van der Waals surface area contributed by atoms with Crippen LogP contribution < -0.4 is 5.32 Å². The predicted octanol–water partition coefficient (Wildman–Crippen LogP) is 2.53. The number of aryl methyl sites for hydroxylation is 1. The van der Waals surface area contributed by atoms with Gasteiger partial charge < -0.3 is 14.7 Å². The molecule has 1 aliphatic heterocycles. The number of anilines is 1. The summed E-state index contributed by atoms with van der Waals surface area (Å²) in [5.41, 5.74) is 1.06. The molecule has 3 rings (SSSR count). The monoisotopic (exact) mass is 313 g/mol. The maximum absolute atomic E-state index is 12.3. The number of benzene rings is 1. The number of nitrogens with one attached hydrogen (secondary N) is 1. The molecule has 0 saturated carbocycles. The first-order valence-corrected chi connectivity index (χ1v) is 7.63. The van der Waals surface area contributed by atoms with Crippen LogP contribution in [0.5, 0.6) is 0 Å². The van der Waals surface area contributed by atoms with E-state index in [1.165, 1.54) is 0 Å². The van der Waals surface area contributed by atoms with Crippen molar-refractivity contribution < 1.29 is 14.1 Å². The van der Waals surface area contributed by atoms with Gasteiger partial charge in [-0.15, -0.1) is 0 Å². The molecule has 120 valence electrons. The van der Waals surface area contributed by atoms with Gasteiger partial charge in [-0.1, -0.05) is 35.5 Å². The van der Waals surface area contributed by atoms with Crippen LogP contribution in [0.25, 0.3) is 0 Å². The van der Waals surface area contributed by atoms with Crippen LogP contribution >= 0.6 is 0 Å². The fourth-order valence-corrected chi connectivity index (χ4v) is 2.85. The van der Waals surface area contributed by atoms with Crippen molar-refractivity contribution in [2.45, 2.75) is 26.3 Å². The fraction of sp³-hybridized carbons (Fsp3) is 0.353. The van der Waals surface area contributed by atoms with Crippen molar-refractivity contribution in [3.8, 4) is 0 Å². The van der Waals surface area contributed by atoms with Crippen LogP contribution in [0.3, 0.4) is 0 Å². The number of carbonyl (C=O) groups is 2. The van der Waals surface area contributed by atoms with E-state index in [1.807, 2.05) is 37.3 Å². The third kappa shape index (κ3) is 3.26. The molecule has 2 aromatic rings. The second kappa shape index (κ2) is 6.24. The van der Waals surface area contributed by atoms with E-state index >= 15 is 0 Å². The van der Waals surface area contributed by atoms with E-state index < -0.39 is 0 Å². The highest BCUT2D eigenvalue weighted by Gasteiger charge is 2.37. The molecule has 1 saturated heterocycles. The molecule has 0 radical (unpaired) electrons. The van der Waals surface area contributed by atoms with Gasteiger partial charge in [-0.05, 0) is 19.4 Å². The van der Waals surface area contributed by atoms with Crippen LogP contribution in [0.4, 0.5) is 5.82 Å². The van der Waals surface area contributed by atoms with Crippen molar-refractivity contribution in [2.24, 2.45) is 5.92 Å². The number of carbonyl (C=O) groups excluding carboxylic acids is 2. The molecule has 2 atom stereocenters. The molecule has 1 aromatic heterocycles. The van der Waals surface area contributed by atoms with Crippen LogP contribution in [0.15, 0.2) is 40.9 Å². The van der Waals surface area contributed by atoms with E-state index in [2.05, 4.69) is 10.5 Å². The van der Waals surface area contributed by atoms with Gasteiger partial charge in [-0.25, -0.2) is 0 Å². The molecule has 6 heteroatoms. The van der Waals surface area contributed by atoms with E-state index in [-0.39, 0.29) is 30.2 Å². The van der Waals surface area contributed by atoms with Crippen LogP contribution in [0.2, 0.25) is 0 Å². The molecule has 6 nitrogen and oxygen atoms in total. The van der Waals surface area contributed by atoms with Crippen molar-refractivity contribution in [3.63, 3.8) is 0 Å². The molecule has 2 amide bonds. The van der Waals surface area contributed by atoms with Gasteiger partial charge in [0, 0.05) is 19.0 Å². The Labute approximate surface area is 134 Å². The number of hydrogen-bond donors (Lipinski definition) is 1. The quantitative estimate of drug-likeness (QED) is 0.941. The number of likely N-dealkylation sites (tertiary alicyclic amines) is 1. The Balaban J connectivity index is 1.66. The summed E-state index contributed by atoms with van der Waals surface area (Å²) in [6.07, 6.45) is 0.222. The number of amides is 2. The molecule has 1 N–H and O–H groups in total. The zero-order valence-electron chi connectivity index (χ0n) is 13.2. The first-order valence-electron chi connectivity index (χ1n) is 7.63. The number of nitrogens with zero attached hydrogens (tertiary/aromatic N) is 2. The summed E-state index contributed by atoms with van der Waals surface area (Å²) in [4.78, 5) is 26.3. The normalized spacial score (nSPS) is 19.0. The lowest BCUT2D eigenvalue weighted by molar-refractivity contribution is -0.129. The molecule has 0 unspecified atom stereocenters. The third-order valence-corrected chi connectivity index (χ3v) is 4.16. The molecule has 23 heavy (non-hydrogen) atoms. The van der Waals surface area contributed by atoms with E-state index in [0.717, 1.165) is 5.56 Å². The van der Waals surface area contributed by atoms with Crippen molar-refractivity contribution in [2.75, 3.05) is 11.9 Å². The summed E-state index contributed by atoms with van der Waals surface area (Å²) >= 11 is 0. The minimum Gasteiger partial charge on any atom is -0.360 e. The molecule has 0 bridgehead atoms. The first kappa shape index (κ1) is 15.3. The summed E-state index contributed by atoms with van der Waals surface area (Å²) in [5, 5.41) is 6.44. The van der Waals surface area contributed by atoms with E-state index in [1.54, 1.807) is 17.9 Å². The highest BCUT2D eigenvalue weighted by atomic mass is 16.5. The van der Waals surface area contributed by atoms with Crippen molar-refractivity contribution in [1.82, 2.24) is 10.1 Å². The Hall–Kier alpha value is -2.63. The summed E-state index contributed by atoms with van der Waals surface area (Å²) in [6, 6.07) is 11.4. The predicted molar refractivity (Wildman–Crippen MR) is 84.5 cm³/mol. The van der Waals surface area contributed by atoms with E-state index in [9.17, 15) is 9.59 Å². The molecular formula is C17H19N3O3. The zero-order chi connectivity index (χ0) is 16.4. The average molecular weight is 313 g/mol. The van der Waals surface area contributed by atoms with Gasteiger partial charge in [0.25, 0.3) is 0 Å². The topological polar surface area (TPSA) is 75.4 Å². The number of aromatic nitrogens is 1. The zero-order valence-corrected chi connectivity index (χ0v) is 13.2.